The number of aryl methyl sites for hydroxylation is 3. The number of rotatable bonds is 13. The minimum absolute atomic E-state index is 0.127. The van der Waals surface area contributed by atoms with Gasteiger partial charge in [0.25, 0.3) is 5.91 Å². The molecule has 0 saturated heterocycles. The first-order chi connectivity index (χ1) is 19.2. The Morgan fingerprint density at radius 3 is 2.12 bits per heavy atom. The number of amides is 3. The van der Waals surface area contributed by atoms with Gasteiger partial charge in [0.05, 0.1) is 0 Å². The zero-order valence-corrected chi connectivity index (χ0v) is 26.6. The Hall–Kier alpha value is -3.35. The van der Waals surface area contributed by atoms with Gasteiger partial charge in [-0.15, -0.1) is 0 Å². The number of hydrogen-bond donors (Lipinski definition) is 2. The molecule has 0 saturated carbocycles. The fourth-order valence-electron chi connectivity index (χ4n) is 4.93. The number of anilines is 1. The molecule has 226 valence electrons. The number of ether oxygens (including phenoxy) is 1. The lowest BCUT2D eigenvalue weighted by molar-refractivity contribution is -0.141. The molecule has 7 heteroatoms. The number of nitrogens with zero attached hydrogens (tertiary/aromatic N) is 1. The summed E-state index contributed by atoms with van der Waals surface area (Å²) in [6.45, 7) is 17.8. The molecule has 0 aromatic heterocycles. The van der Waals surface area contributed by atoms with Crippen LogP contribution in [0.15, 0.2) is 42.5 Å². The van der Waals surface area contributed by atoms with Gasteiger partial charge in [-0.1, -0.05) is 88.1 Å². The fourth-order valence-corrected chi connectivity index (χ4v) is 4.93. The van der Waals surface area contributed by atoms with Crippen LogP contribution in [0.5, 0.6) is 0 Å². The monoisotopic (exact) mass is 565 g/mol. The second-order valence-corrected chi connectivity index (χ2v) is 12.5. The molecule has 2 aromatic carbocycles. The third-order valence-electron chi connectivity index (χ3n) is 6.88. The lowest BCUT2D eigenvalue weighted by atomic mass is 9.97. The van der Waals surface area contributed by atoms with Gasteiger partial charge in [0.15, 0.2) is 0 Å². The Bertz CT molecular complexity index is 1150. The molecule has 2 aromatic rings. The maximum atomic E-state index is 14.4. The van der Waals surface area contributed by atoms with E-state index >= 15 is 0 Å². The van der Waals surface area contributed by atoms with Crippen LogP contribution in [0.25, 0.3) is 0 Å². The second-order valence-electron chi connectivity index (χ2n) is 12.5. The number of para-hydroxylation sites is 1. The van der Waals surface area contributed by atoms with Crippen molar-refractivity contribution in [2.24, 2.45) is 5.92 Å². The topological polar surface area (TPSA) is 87.7 Å². The summed E-state index contributed by atoms with van der Waals surface area (Å²) in [6.07, 6.45) is 3.56. The molecule has 2 atom stereocenters. The number of carbonyl (C=O) groups excluding carboxylic acids is 3. The van der Waals surface area contributed by atoms with Crippen molar-refractivity contribution in [2.45, 2.75) is 112 Å². The molecule has 2 unspecified atom stereocenters. The summed E-state index contributed by atoms with van der Waals surface area (Å²) in [4.78, 5) is 43.1. The standard InChI is InChI=1S/C34H51N3O4/c1-10-11-12-13-20-37(32(39)28(21-23(2)3)35-33(40)41-34(7,8)9)30(27-19-14-16-24(4)22-27)31(38)36-29-25(5)17-15-18-26(29)6/h14-19,22-23,28,30H,10-13,20-21H2,1-9H3,(H,35,40)(H,36,38). The van der Waals surface area contributed by atoms with Crippen molar-refractivity contribution in [3.8, 4) is 0 Å². The summed E-state index contributed by atoms with van der Waals surface area (Å²) in [5.74, 6) is -0.441. The van der Waals surface area contributed by atoms with Crippen molar-refractivity contribution >= 4 is 23.6 Å². The molecule has 3 amide bonds. The van der Waals surface area contributed by atoms with E-state index in [2.05, 4.69) is 17.6 Å². The SMILES string of the molecule is CCCCCCN(C(=O)C(CC(C)C)NC(=O)OC(C)(C)C)C(C(=O)Nc1c(C)cccc1C)c1cccc(C)c1. The van der Waals surface area contributed by atoms with Gasteiger partial charge in [0, 0.05) is 12.2 Å². The van der Waals surface area contributed by atoms with Gasteiger partial charge in [-0.2, -0.15) is 0 Å². The van der Waals surface area contributed by atoms with Crippen LogP contribution in [-0.4, -0.2) is 41.0 Å². The molecule has 2 rings (SSSR count). The van der Waals surface area contributed by atoms with E-state index in [1.807, 2.05) is 77.1 Å². The minimum atomic E-state index is -0.877. The number of hydrogen-bond acceptors (Lipinski definition) is 4. The highest BCUT2D eigenvalue weighted by Crippen LogP contribution is 2.28. The third-order valence-corrected chi connectivity index (χ3v) is 6.88. The largest absolute Gasteiger partial charge is 0.444 e. The first-order valence-corrected chi connectivity index (χ1v) is 15.0. The van der Waals surface area contributed by atoms with Crippen LogP contribution in [0, 0.1) is 26.7 Å². The fraction of sp³-hybridized carbons (Fsp3) is 0.559. The van der Waals surface area contributed by atoms with Crippen molar-refractivity contribution in [1.82, 2.24) is 10.2 Å². The first kappa shape index (κ1) is 33.9. The van der Waals surface area contributed by atoms with Crippen LogP contribution in [-0.2, 0) is 14.3 Å². The van der Waals surface area contributed by atoms with Crippen molar-refractivity contribution in [3.05, 3.63) is 64.7 Å². The highest BCUT2D eigenvalue weighted by molar-refractivity contribution is 6.00. The highest BCUT2D eigenvalue weighted by atomic mass is 16.6. The molecule has 0 aliphatic heterocycles. The predicted molar refractivity (Wildman–Crippen MR) is 167 cm³/mol. The molecule has 0 fully saturated rings. The molecule has 7 nitrogen and oxygen atoms in total. The second kappa shape index (κ2) is 15.6. The Labute approximate surface area is 247 Å². The van der Waals surface area contributed by atoms with E-state index in [0.29, 0.717) is 13.0 Å². The van der Waals surface area contributed by atoms with Gasteiger partial charge in [-0.05, 0) is 77.0 Å². The van der Waals surface area contributed by atoms with E-state index < -0.39 is 23.8 Å². The zero-order valence-electron chi connectivity index (χ0n) is 26.6. The Balaban J connectivity index is 2.58. The van der Waals surface area contributed by atoms with E-state index in [1.54, 1.807) is 25.7 Å². The molecular weight excluding hydrogens is 514 g/mol. The highest BCUT2D eigenvalue weighted by Gasteiger charge is 2.36. The van der Waals surface area contributed by atoms with E-state index in [9.17, 15) is 14.4 Å². The summed E-state index contributed by atoms with van der Waals surface area (Å²) in [5, 5.41) is 5.97. The van der Waals surface area contributed by atoms with E-state index in [4.69, 9.17) is 4.74 Å². The Morgan fingerprint density at radius 1 is 0.927 bits per heavy atom. The molecular formula is C34H51N3O4. The number of alkyl carbamates (subject to hydrolysis) is 1. The van der Waals surface area contributed by atoms with Crippen molar-refractivity contribution in [3.63, 3.8) is 0 Å². The number of unbranched alkanes of at least 4 members (excludes halogenated alkanes) is 3. The van der Waals surface area contributed by atoms with Gasteiger partial charge in [-0.25, -0.2) is 4.79 Å². The molecule has 0 aliphatic rings. The molecule has 0 aliphatic carbocycles. The van der Waals surface area contributed by atoms with Crippen LogP contribution in [0.2, 0.25) is 0 Å². The molecule has 41 heavy (non-hydrogen) atoms. The summed E-state index contributed by atoms with van der Waals surface area (Å²) in [6, 6.07) is 11.9. The number of benzene rings is 2. The lowest BCUT2D eigenvalue weighted by Crippen LogP contribution is -2.53. The quantitative estimate of drug-likeness (QED) is 0.244. The summed E-state index contributed by atoms with van der Waals surface area (Å²) in [5.41, 5.74) is 3.68. The van der Waals surface area contributed by atoms with Gasteiger partial charge in [-0.3, -0.25) is 9.59 Å². The van der Waals surface area contributed by atoms with E-state index in [1.165, 1.54) is 0 Å². The summed E-state index contributed by atoms with van der Waals surface area (Å²) < 4.78 is 5.51. The van der Waals surface area contributed by atoms with Crippen molar-refractivity contribution in [1.29, 1.82) is 0 Å². The Morgan fingerprint density at radius 2 is 1.56 bits per heavy atom. The lowest BCUT2D eigenvalue weighted by Gasteiger charge is -2.35. The number of nitrogens with one attached hydrogen (secondary N) is 2. The maximum absolute atomic E-state index is 14.4. The third kappa shape index (κ3) is 10.9. The Kier molecular flexibility index (Phi) is 12.9. The molecule has 0 bridgehead atoms. The van der Waals surface area contributed by atoms with Crippen molar-refractivity contribution < 1.29 is 19.1 Å². The van der Waals surface area contributed by atoms with Gasteiger partial charge in [0.2, 0.25) is 5.91 Å². The van der Waals surface area contributed by atoms with E-state index in [-0.39, 0.29) is 17.7 Å². The van der Waals surface area contributed by atoms with Crippen LogP contribution < -0.4 is 10.6 Å². The number of carbonyl (C=O) groups is 3. The summed E-state index contributed by atoms with van der Waals surface area (Å²) >= 11 is 0. The molecule has 0 spiro atoms. The molecule has 0 radical (unpaired) electrons. The molecule has 2 N–H and O–H groups in total. The first-order valence-electron chi connectivity index (χ1n) is 15.0. The predicted octanol–water partition coefficient (Wildman–Crippen LogP) is 7.64. The normalized spacial score (nSPS) is 12.9. The smallest absolute Gasteiger partial charge is 0.408 e. The van der Waals surface area contributed by atoms with Crippen LogP contribution >= 0.6 is 0 Å². The summed E-state index contributed by atoms with van der Waals surface area (Å²) in [7, 11) is 0. The molecule has 0 heterocycles. The van der Waals surface area contributed by atoms with Gasteiger partial charge in [0.1, 0.15) is 17.7 Å². The average molecular weight is 566 g/mol. The van der Waals surface area contributed by atoms with Crippen molar-refractivity contribution in [2.75, 3.05) is 11.9 Å². The van der Waals surface area contributed by atoms with Crippen LogP contribution in [0.4, 0.5) is 10.5 Å². The van der Waals surface area contributed by atoms with Crippen LogP contribution in [0.3, 0.4) is 0 Å². The minimum Gasteiger partial charge on any atom is -0.444 e. The van der Waals surface area contributed by atoms with Gasteiger partial charge < -0.3 is 20.3 Å². The van der Waals surface area contributed by atoms with E-state index in [0.717, 1.165) is 53.6 Å². The maximum Gasteiger partial charge on any atom is 0.408 e. The van der Waals surface area contributed by atoms with Gasteiger partial charge >= 0.3 is 6.09 Å². The average Bonchev–Trinajstić information content (AvgIpc) is 2.86. The zero-order chi connectivity index (χ0) is 30.7. The van der Waals surface area contributed by atoms with Crippen LogP contribution in [0.1, 0.15) is 102 Å².